The molecular weight excluding hydrogens is 357 g/mol. The number of halogens is 4. The van der Waals surface area contributed by atoms with Gasteiger partial charge in [0.15, 0.2) is 0 Å². The van der Waals surface area contributed by atoms with Crippen LogP contribution in [-0.4, -0.2) is 19.1 Å². The summed E-state index contributed by atoms with van der Waals surface area (Å²) in [6, 6.07) is 9.68. The first-order valence-electron chi connectivity index (χ1n) is 7.43. The van der Waals surface area contributed by atoms with Gasteiger partial charge >= 0.3 is 6.18 Å². The quantitative estimate of drug-likeness (QED) is 0.765. The van der Waals surface area contributed by atoms with Crippen molar-refractivity contribution in [3.05, 3.63) is 53.1 Å². The summed E-state index contributed by atoms with van der Waals surface area (Å²) >= 11 is 6.03. The van der Waals surface area contributed by atoms with Gasteiger partial charge in [-0.2, -0.15) is 13.2 Å². The first-order valence-corrected chi connectivity index (χ1v) is 7.81. The van der Waals surface area contributed by atoms with Crippen LogP contribution in [-0.2, 0) is 11.0 Å². The van der Waals surface area contributed by atoms with Gasteiger partial charge in [-0.25, -0.2) is 0 Å². The Hall–Kier alpha value is -2.41. The summed E-state index contributed by atoms with van der Waals surface area (Å²) in [5.41, 5.74) is -0.633. The molecule has 2 aromatic rings. The number of para-hydroxylation sites is 1. The second kappa shape index (κ2) is 8.11. The molecule has 134 valence electrons. The van der Waals surface area contributed by atoms with E-state index in [2.05, 4.69) is 10.6 Å². The monoisotopic (exact) mass is 372 g/mol. The maximum atomic E-state index is 12.9. The fourth-order valence-corrected chi connectivity index (χ4v) is 2.33. The van der Waals surface area contributed by atoms with E-state index in [0.29, 0.717) is 23.1 Å². The molecule has 0 radical (unpaired) electrons. The maximum Gasteiger partial charge on any atom is 0.418 e. The highest BCUT2D eigenvalue weighted by Gasteiger charge is 2.33. The van der Waals surface area contributed by atoms with Crippen molar-refractivity contribution in [1.29, 1.82) is 0 Å². The second-order valence-corrected chi connectivity index (χ2v) is 5.43. The lowest BCUT2D eigenvalue weighted by Gasteiger charge is -2.14. The second-order valence-electron chi connectivity index (χ2n) is 5.02. The molecule has 8 heteroatoms. The molecule has 0 aromatic heterocycles. The van der Waals surface area contributed by atoms with Crippen molar-refractivity contribution in [1.82, 2.24) is 0 Å². The summed E-state index contributed by atoms with van der Waals surface area (Å²) in [6.45, 7) is 2.08. The molecular formula is C17H16ClF3N2O2. The zero-order valence-corrected chi connectivity index (χ0v) is 14.0. The zero-order valence-electron chi connectivity index (χ0n) is 13.3. The molecule has 0 bridgehead atoms. The fraction of sp³-hybridized carbons (Fsp3) is 0.235. The molecule has 4 nitrogen and oxygen atoms in total. The molecule has 2 N–H and O–H groups in total. The van der Waals surface area contributed by atoms with Gasteiger partial charge in [-0.1, -0.05) is 23.7 Å². The number of alkyl halides is 3. The Bertz CT molecular complexity index is 751. The summed E-state index contributed by atoms with van der Waals surface area (Å²) in [6.07, 6.45) is -4.54. The zero-order chi connectivity index (χ0) is 18.4. The van der Waals surface area contributed by atoms with Gasteiger partial charge in [-0.3, -0.25) is 4.79 Å². The van der Waals surface area contributed by atoms with Crippen molar-refractivity contribution in [2.75, 3.05) is 23.8 Å². The lowest BCUT2D eigenvalue weighted by Crippen LogP contribution is -2.23. The maximum absolute atomic E-state index is 12.9. The number of hydrogen-bond acceptors (Lipinski definition) is 3. The Morgan fingerprint density at radius 2 is 1.92 bits per heavy atom. The third-order valence-electron chi connectivity index (χ3n) is 3.19. The molecule has 0 aliphatic heterocycles. The van der Waals surface area contributed by atoms with E-state index in [1.54, 1.807) is 18.2 Å². The van der Waals surface area contributed by atoms with Crippen LogP contribution in [0.2, 0.25) is 5.02 Å². The minimum atomic E-state index is -4.54. The van der Waals surface area contributed by atoms with E-state index in [0.717, 1.165) is 6.07 Å². The van der Waals surface area contributed by atoms with Gasteiger partial charge in [-0.15, -0.1) is 0 Å². The summed E-state index contributed by atoms with van der Waals surface area (Å²) < 4.78 is 44.0. The first-order chi connectivity index (χ1) is 11.8. The van der Waals surface area contributed by atoms with Crippen LogP contribution in [0.15, 0.2) is 42.5 Å². The van der Waals surface area contributed by atoms with Crippen LogP contribution in [0.3, 0.4) is 0 Å². The summed E-state index contributed by atoms with van der Waals surface area (Å²) in [5, 5.41) is 5.42. The van der Waals surface area contributed by atoms with Crippen molar-refractivity contribution < 1.29 is 22.7 Å². The predicted octanol–water partition coefficient (Wildman–Crippen LogP) is 4.81. The van der Waals surface area contributed by atoms with E-state index < -0.39 is 17.6 Å². The van der Waals surface area contributed by atoms with Crippen molar-refractivity contribution in [2.45, 2.75) is 13.1 Å². The number of carbonyl (C=O) groups excluding carboxylic acids is 1. The largest absolute Gasteiger partial charge is 0.492 e. The third-order valence-corrected chi connectivity index (χ3v) is 3.49. The van der Waals surface area contributed by atoms with Gasteiger partial charge in [-0.05, 0) is 37.3 Å². The lowest BCUT2D eigenvalue weighted by molar-refractivity contribution is -0.137. The molecule has 0 aliphatic carbocycles. The van der Waals surface area contributed by atoms with Crippen molar-refractivity contribution in [3.63, 3.8) is 0 Å². The topological polar surface area (TPSA) is 50.4 Å². The van der Waals surface area contributed by atoms with Gasteiger partial charge in [0.2, 0.25) is 5.91 Å². The van der Waals surface area contributed by atoms with Crippen LogP contribution in [0.25, 0.3) is 0 Å². The molecule has 0 heterocycles. The molecule has 0 unspecified atom stereocenters. The minimum absolute atomic E-state index is 0.212. The number of carbonyl (C=O) groups is 1. The number of hydrogen-bond donors (Lipinski definition) is 2. The van der Waals surface area contributed by atoms with Gasteiger partial charge in [0, 0.05) is 5.69 Å². The Kier molecular flexibility index (Phi) is 6.14. The Labute approximate surface area is 147 Å². The highest BCUT2D eigenvalue weighted by Crippen LogP contribution is 2.34. The smallest absolute Gasteiger partial charge is 0.418 e. The van der Waals surface area contributed by atoms with Crippen molar-refractivity contribution in [2.24, 2.45) is 0 Å². The minimum Gasteiger partial charge on any atom is -0.492 e. The van der Waals surface area contributed by atoms with Crippen LogP contribution in [0.1, 0.15) is 12.5 Å². The highest BCUT2D eigenvalue weighted by atomic mass is 35.5. The van der Waals surface area contributed by atoms with Crippen LogP contribution in [0, 0.1) is 0 Å². The molecule has 0 aliphatic rings. The molecule has 0 atom stereocenters. The van der Waals surface area contributed by atoms with Crippen LogP contribution >= 0.6 is 11.6 Å². The van der Waals surface area contributed by atoms with Gasteiger partial charge in [0.1, 0.15) is 5.75 Å². The summed E-state index contributed by atoms with van der Waals surface area (Å²) in [7, 11) is 0. The molecule has 0 fully saturated rings. The van der Waals surface area contributed by atoms with Crippen LogP contribution in [0.4, 0.5) is 24.5 Å². The van der Waals surface area contributed by atoms with E-state index in [9.17, 15) is 18.0 Å². The van der Waals surface area contributed by atoms with Crippen molar-refractivity contribution in [3.8, 4) is 5.75 Å². The number of rotatable bonds is 6. The SMILES string of the molecule is CCOc1ccc(NCC(=O)Nc2ccccc2C(F)(F)F)cc1Cl. The van der Waals surface area contributed by atoms with Crippen LogP contribution in [0.5, 0.6) is 5.75 Å². The van der Waals surface area contributed by atoms with E-state index in [1.165, 1.54) is 18.2 Å². The predicted molar refractivity (Wildman–Crippen MR) is 91.2 cm³/mol. The molecule has 0 saturated carbocycles. The Morgan fingerprint density at radius 1 is 1.20 bits per heavy atom. The Balaban J connectivity index is 1.99. The van der Waals surface area contributed by atoms with Gasteiger partial charge in [0.25, 0.3) is 0 Å². The number of nitrogens with one attached hydrogen (secondary N) is 2. The summed E-state index contributed by atoms with van der Waals surface area (Å²) in [4.78, 5) is 11.9. The van der Waals surface area contributed by atoms with Gasteiger partial charge < -0.3 is 15.4 Å². The van der Waals surface area contributed by atoms with E-state index in [4.69, 9.17) is 16.3 Å². The average Bonchev–Trinajstić information content (AvgIpc) is 2.55. The van der Waals surface area contributed by atoms with E-state index in [1.807, 2.05) is 6.92 Å². The molecule has 1 amide bonds. The fourth-order valence-electron chi connectivity index (χ4n) is 2.10. The lowest BCUT2D eigenvalue weighted by atomic mass is 10.1. The van der Waals surface area contributed by atoms with E-state index >= 15 is 0 Å². The molecule has 2 rings (SSSR count). The number of anilines is 2. The average molecular weight is 373 g/mol. The standard InChI is InChI=1S/C17H16ClF3N2O2/c1-2-25-15-8-7-11(9-13(15)18)22-10-16(24)23-14-6-4-3-5-12(14)17(19,20)21/h3-9,22H,2,10H2,1H3,(H,23,24). The number of amides is 1. The van der Waals surface area contributed by atoms with Crippen molar-refractivity contribution >= 4 is 28.9 Å². The first kappa shape index (κ1) is 18.9. The van der Waals surface area contributed by atoms with Gasteiger partial charge in [0.05, 0.1) is 29.4 Å². The van der Waals surface area contributed by atoms with Crippen LogP contribution < -0.4 is 15.4 Å². The molecule has 25 heavy (non-hydrogen) atoms. The molecule has 2 aromatic carbocycles. The van der Waals surface area contributed by atoms with E-state index in [-0.39, 0.29) is 12.2 Å². The Morgan fingerprint density at radius 3 is 2.56 bits per heavy atom. The molecule has 0 spiro atoms. The third kappa shape index (κ3) is 5.29. The highest BCUT2D eigenvalue weighted by molar-refractivity contribution is 6.32. The molecule has 0 saturated heterocycles. The number of benzene rings is 2. The summed E-state index contributed by atoms with van der Waals surface area (Å²) in [5.74, 6) is -0.0972. The number of ether oxygens (including phenoxy) is 1. The normalized spacial score (nSPS) is 11.1.